The summed E-state index contributed by atoms with van der Waals surface area (Å²) < 4.78 is 26.8. The van der Waals surface area contributed by atoms with E-state index in [9.17, 15) is 18.3 Å². The van der Waals surface area contributed by atoms with Crippen LogP contribution in [0, 0.1) is 0 Å². The number of anilines is 1. The number of fused-ring (bicyclic) bond motifs is 1. The van der Waals surface area contributed by atoms with Crippen molar-refractivity contribution in [3.05, 3.63) is 60.7 Å². The van der Waals surface area contributed by atoms with Crippen molar-refractivity contribution >= 4 is 32.6 Å². The molecule has 25 heavy (non-hydrogen) atoms. The van der Waals surface area contributed by atoms with E-state index in [2.05, 4.69) is 0 Å². The molecule has 1 amide bonds. The van der Waals surface area contributed by atoms with Crippen molar-refractivity contribution in [2.24, 2.45) is 0 Å². The summed E-state index contributed by atoms with van der Waals surface area (Å²) in [5.41, 5.74) is 2.09. The van der Waals surface area contributed by atoms with Crippen LogP contribution in [-0.2, 0) is 15.0 Å². The van der Waals surface area contributed by atoms with Crippen molar-refractivity contribution in [1.29, 1.82) is 0 Å². The van der Waals surface area contributed by atoms with Crippen molar-refractivity contribution in [3.8, 4) is 16.9 Å². The van der Waals surface area contributed by atoms with Gasteiger partial charge in [-0.05, 0) is 40.1 Å². The highest BCUT2D eigenvalue weighted by Gasteiger charge is 2.35. The van der Waals surface area contributed by atoms with Gasteiger partial charge in [-0.15, -0.1) is 0 Å². The average Bonchev–Trinajstić information content (AvgIpc) is 2.87. The molecule has 1 aliphatic heterocycles. The summed E-state index contributed by atoms with van der Waals surface area (Å²) in [6.07, 6.45) is 0. The smallest absolute Gasteiger partial charge is 0.326 e. The monoisotopic (exact) mass is 354 g/mol. The fourth-order valence-corrected chi connectivity index (χ4v) is 4.10. The average molecular weight is 354 g/mol. The molecule has 6 nitrogen and oxygen atoms in total. The zero-order valence-electron chi connectivity index (χ0n) is 13.0. The zero-order valence-corrected chi connectivity index (χ0v) is 13.8. The van der Waals surface area contributed by atoms with E-state index in [1.54, 1.807) is 6.07 Å². The van der Waals surface area contributed by atoms with Crippen molar-refractivity contribution in [2.45, 2.75) is 0 Å². The Bertz CT molecular complexity index is 1090. The third-order valence-corrected chi connectivity index (χ3v) is 5.52. The Labute approximate surface area is 144 Å². The van der Waals surface area contributed by atoms with Crippen molar-refractivity contribution in [2.75, 3.05) is 10.8 Å². The molecular weight excluding hydrogens is 340 g/mol. The Kier molecular flexibility index (Phi) is 3.40. The Hall–Kier alpha value is -3.06. The third-order valence-electron chi connectivity index (χ3n) is 4.13. The minimum Gasteiger partial charge on any atom is -0.506 e. The molecule has 0 radical (unpaired) electrons. The summed E-state index contributed by atoms with van der Waals surface area (Å²) in [7, 11) is -3.97. The van der Waals surface area contributed by atoms with Gasteiger partial charge in [0.25, 0.3) is 5.91 Å². The topological polar surface area (TPSA) is 86.7 Å². The number of phenolic OH excluding ortho intramolecular Hbond substituents is 1. The Balaban J connectivity index is 1.87. The van der Waals surface area contributed by atoms with Crippen LogP contribution in [0.2, 0.25) is 0 Å². The van der Waals surface area contributed by atoms with Gasteiger partial charge in [-0.25, -0.2) is 9.03 Å². The largest absolute Gasteiger partial charge is 0.506 e. The number of hydrogen-bond acceptors (Lipinski definition) is 4. The standard InChI is InChI=1S/C18H14N2O4S/c21-17-10-14-7-6-13(12-4-2-1-3-5-12)8-15(14)9-16(17)20-11-18(22)19-25(20,23)24/h1-10,21H,11H2,(H,19,22). The molecule has 0 saturated carbocycles. The van der Waals surface area contributed by atoms with Crippen molar-refractivity contribution < 1.29 is 18.3 Å². The highest BCUT2D eigenvalue weighted by Crippen LogP contribution is 2.36. The predicted octanol–water partition coefficient (Wildman–Crippen LogP) is 2.39. The number of carbonyl (C=O) groups is 1. The summed E-state index contributed by atoms with van der Waals surface area (Å²) in [6.45, 7) is -0.347. The number of phenols is 1. The van der Waals surface area contributed by atoms with E-state index in [4.69, 9.17) is 0 Å². The van der Waals surface area contributed by atoms with Gasteiger partial charge in [0.15, 0.2) is 0 Å². The molecule has 0 aromatic heterocycles. The summed E-state index contributed by atoms with van der Waals surface area (Å²) in [5, 5.41) is 11.8. The number of aromatic hydroxyl groups is 1. The van der Waals surface area contributed by atoms with Crippen LogP contribution in [0.3, 0.4) is 0 Å². The molecule has 3 aromatic rings. The van der Waals surface area contributed by atoms with Gasteiger partial charge in [-0.2, -0.15) is 8.42 Å². The number of carbonyl (C=O) groups excluding carboxylic acids is 1. The molecule has 0 atom stereocenters. The number of rotatable bonds is 2. The van der Waals surface area contributed by atoms with E-state index in [0.29, 0.717) is 0 Å². The molecule has 7 heteroatoms. The lowest BCUT2D eigenvalue weighted by Crippen LogP contribution is -2.29. The van der Waals surface area contributed by atoms with Crippen LogP contribution in [0.5, 0.6) is 5.75 Å². The van der Waals surface area contributed by atoms with Gasteiger partial charge in [0.1, 0.15) is 12.3 Å². The number of nitrogens with one attached hydrogen (secondary N) is 1. The summed E-state index contributed by atoms with van der Waals surface area (Å²) in [6, 6.07) is 18.6. The molecule has 0 bridgehead atoms. The van der Waals surface area contributed by atoms with E-state index in [-0.39, 0.29) is 18.0 Å². The molecule has 4 rings (SSSR count). The van der Waals surface area contributed by atoms with Crippen LogP contribution in [0.25, 0.3) is 21.9 Å². The minimum absolute atomic E-state index is 0.0797. The van der Waals surface area contributed by atoms with Gasteiger partial charge < -0.3 is 5.11 Å². The number of hydrogen-bond donors (Lipinski definition) is 2. The van der Waals surface area contributed by atoms with Crippen LogP contribution in [0.15, 0.2) is 60.7 Å². The molecule has 3 aromatic carbocycles. The second-order valence-corrected chi connectivity index (χ2v) is 7.40. The second kappa shape index (κ2) is 5.49. The van der Waals surface area contributed by atoms with Crippen LogP contribution in [0.1, 0.15) is 0 Å². The molecule has 1 saturated heterocycles. The Morgan fingerprint density at radius 1 is 0.920 bits per heavy atom. The van der Waals surface area contributed by atoms with Crippen LogP contribution in [0.4, 0.5) is 5.69 Å². The zero-order chi connectivity index (χ0) is 17.6. The lowest BCUT2D eigenvalue weighted by molar-refractivity contribution is -0.117. The summed E-state index contributed by atoms with van der Waals surface area (Å²) in [4.78, 5) is 11.4. The Morgan fingerprint density at radius 3 is 2.36 bits per heavy atom. The van der Waals surface area contributed by atoms with Crippen LogP contribution < -0.4 is 9.03 Å². The first-order valence-electron chi connectivity index (χ1n) is 7.59. The molecule has 1 aliphatic rings. The molecular formula is C18H14N2O4S. The molecule has 1 fully saturated rings. The van der Waals surface area contributed by atoms with Crippen LogP contribution in [-0.4, -0.2) is 26.0 Å². The summed E-state index contributed by atoms with van der Waals surface area (Å²) in [5.74, 6) is -0.822. The quantitative estimate of drug-likeness (QED) is 0.740. The fraction of sp³-hybridized carbons (Fsp3) is 0.0556. The molecule has 1 heterocycles. The lowest BCUT2D eigenvalue weighted by atomic mass is 10.0. The van der Waals surface area contributed by atoms with Gasteiger partial charge in [0, 0.05) is 0 Å². The van der Waals surface area contributed by atoms with Gasteiger partial charge in [0.2, 0.25) is 0 Å². The number of nitrogens with zero attached hydrogens (tertiary/aromatic N) is 1. The molecule has 0 unspecified atom stereocenters. The van der Waals surface area contributed by atoms with E-state index < -0.39 is 16.1 Å². The van der Waals surface area contributed by atoms with Gasteiger partial charge in [0.05, 0.1) is 5.69 Å². The molecule has 0 spiro atoms. The maximum atomic E-state index is 12.0. The first-order valence-corrected chi connectivity index (χ1v) is 9.03. The second-order valence-electron chi connectivity index (χ2n) is 5.81. The number of amides is 1. The fourth-order valence-electron chi connectivity index (χ4n) is 2.94. The maximum Gasteiger partial charge on any atom is 0.326 e. The minimum atomic E-state index is -3.97. The van der Waals surface area contributed by atoms with E-state index in [1.165, 1.54) is 6.07 Å². The molecule has 0 aliphatic carbocycles. The molecule has 126 valence electrons. The maximum absolute atomic E-state index is 12.0. The highest BCUT2D eigenvalue weighted by atomic mass is 32.2. The normalized spacial score (nSPS) is 16.2. The van der Waals surface area contributed by atoms with E-state index >= 15 is 0 Å². The summed E-state index contributed by atoms with van der Waals surface area (Å²) >= 11 is 0. The third kappa shape index (κ3) is 2.68. The van der Waals surface area contributed by atoms with E-state index in [0.717, 1.165) is 26.2 Å². The van der Waals surface area contributed by atoms with E-state index in [1.807, 2.05) is 53.3 Å². The van der Waals surface area contributed by atoms with Gasteiger partial charge >= 0.3 is 10.2 Å². The Morgan fingerprint density at radius 2 is 1.68 bits per heavy atom. The highest BCUT2D eigenvalue weighted by molar-refractivity contribution is 7.92. The van der Waals surface area contributed by atoms with Crippen molar-refractivity contribution in [3.63, 3.8) is 0 Å². The lowest BCUT2D eigenvalue weighted by Gasteiger charge is -2.17. The molecule has 2 N–H and O–H groups in total. The van der Waals surface area contributed by atoms with Crippen molar-refractivity contribution in [1.82, 2.24) is 4.72 Å². The SMILES string of the molecule is O=C1CN(c2cc3cc(-c4ccccc4)ccc3cc2O)S(=O)(=O)N1. The first kappa shape index (κ1) is 15.5. The van der Waals surface area contributed by atoms with Crippen LogP contribution >= 0.6 is 0 Å². The first-order chi connectivity index (χ1) is 11.9. The predicted molar refractivity (Wildman–Crippen MR) is 95.5 cm³/mol. The van der Waals surface area contributed by atoms with Gasteiger partial charge in [-0.3, -0.25) is 4.79 Å². The number of benzene rings is 3. The van der Waals surface area contributed by atoms with Gasteiger partial charge in [-0.1, -0.05) is 42.5 Å².